The lowest BCUT2D eigenvalue weighted by molar-refractivity contribution is -0.161. The average molecular weight is 387 g/mol. The molecule has 3 saturated carbocycles. The number of hydrogen-bond donors (Lipinski definition) is 0. The summed E-state index contributed by atoms with van der Waals surface area (Å²) in [6, 6.07) is 0. The monoisotopic (exact) mass is 386 g/mol. The van der Waals surface area contributed by atoms with Crippen molar-refractivity contribution in [3.8, 4) is 0 Å². The largest absolute Gasteiger partial charge is 0.462 e. The van der Waals surface area contributed by atoms with Gasteiger partial charge < -0.3 is 4.74 Å². The van der Waals surface area contributed by atoms with Crippen LogP contribution in [-0.2, 0) is 14.3 Å². The number of Topliss-reactive ketones (excluding diaryl/α,β-unsaturated/α-hetero) is 1. The van der Waals surface area contributed by atoms with Crippen LogP contribution in [0.25, 0.3) is 0 Å². The first-order valence-corrected chi connectivity index (χ1v) is 11.7. The van der Waals surface area contributed by atoms with Crippen molar-refractivity contribution < 1.29 is 14.3 Å². The zero-order chi connectivity index (χ0) is 20.1. The minimum atomic E-state index is -0.00739. The molecule has 0 amide bonds. The van der Waals surface area contributed by atoms with Crippen molar-refractivity contribution >= 4 is 11.8 Å². The maximum absolute atomic E-state index is 12.2. The smallest absolute Gasteiger partial charge is 0.306 e. The van der Waals surface area contributed by atoms with Crippen LogP contribution in [0.15, 0.2) is 11.6 Å². The van der Waals surface area contributed by atoms with Gasteiger partial charge in [0.1, 0.15) is 6.10 Å². The number of carbonyl (C=O) groups excluding carboxylic acids is 2. The fourth-order valence-electron chi connectivity index (χ4n) is 7.89. The molecule has 0 radical (unpaired) electrons. The number of ketones is 1. The molecule has 0 saturated heterocycles. The van der Waals surface area contributed by atoms with Crippen molar-refractivity contribution in [1.29, 1.82) is 0 Å². The van der Waals surface area contributed by atoms with Gasteiger partial charge in [-0.1, -0.05) is 26.8 Å². The Labute approximate surface area is 170 Å². The van der Waals surface area contributed by atoms with E-state index in [0.29, 0.717) is 23.7 Å². The van der Waals surface area contributed by atoms with Crippen LogP contribution < -0.4 is 0 Å². The summed E-state index contributed by atoms with van der Waals surface area (Å²) in [4.78, 5) is 24.2. The maximum atomic E-state index is 12.2. The lowest BCUT2D eigenvalue weighted by Gasteiger charge is -2.60. The Bertz CT molecular complexity index is 679. The number of fused-ring (bicyclic) bond motifs is 5. The maximum Gasteiger partial charge on any atom is 0.306 e. The Balaban J connectivity index is 1.48. The minimum absolute atomic E-state index is 0.00739. The van der Waals surface area contributed by atoms with Crippen molar-refractivity contribution in [1.82, 2.24) is 0 Å². The van der Waals surface area contributed by atoms with Gasteiger partial charge in [-0.3, -0.25) is 9.59 Å². The molecular formula is C25H38O3. The van der Waals surface area contributed by atoms with Crippen molar-refractivity contribution in [2.75, 3.05) is 0 Å². The second-order valence-electron chi connectivity index (χ2n) is 10.7. The first kappa shape index (κ1) is 20.2. The van der Waals surface area contributed by atoms with E-state index in [4.69, 9.17) is 4.74 Å². The fraction of sp³-hybridized carbons (Fsp3) is 0.840. The molecule has 0 aliphatic heterocycles. The molecule has 0 aromatic rings. The molecule has 4 aliphatic carbocycles. The van der Waals surface area contributed by atoms with Crippen LogP contribution in [0.5, 0.6) is 0 Å². The van der Waals surface area contributed by atoms with Gasteiger partial charge in [-0.05, 0) is 105 Å². The third-order valence-corrected chi connectivity index (χ3v) is 9.33. The number of esters is 1. The highest BCUT2D eigenvalue weighted by atomic mass is 16.5. The Kier molecular flexibility index (Phi) is 5.25. The van der Waals surface area contributed by atoms with Gasteiger partial charge in [0.25, 0.3) is 0 Å². The highest BCUT2D eigenvalue weighted by Gasteiger charge is 2.59. The molecule has 28 heavy (non-hydrogen) atoms. The molecule has 0 aromatic heterocycles. The highest BCUT2D eigenvalue weighted by molar-refractivity contribution is 5.95. The molecule has 0 bridgehead atoms. The van der Waals surface area contributed by atoms with Crippen LogP contribution in [0.2, 0.25) is 0 Å². The van der Waals surface area contributed by atoms with Crippen molar-refractivity contribution in [2.45, 2.75) is 98.0 Å². The van der Waals surface area contributed by atoms with E-state index in [2.05, 4.69) is 19.9 Å². The number of hydrogen-bond acceptors (Lipinski definition) is 3. The quantitative estimate of drug-likeness (QED) is 0.568. The lowest BCUT2D eigenvalue weighted by atomic mass is 9.44. The molecule has 3 heteroatoms. The van der Waals surface area contributed by atoms with Gasteiger partial charge in [0.2, 0.25) is 0 Å². The van der Waals surface area contributed by atoms with E-state index in [1.165, 1.54) is 32.1 Å². The van der Waals surface area contributed by atoms with Crippen molar-refractivity contribution in [3.05, 3.63) is 11.6 Å². The molecule has 3 fully saturated rings. The number of carbonyl (C=O) groups is 2. The van der Waals surface area contributed by atoms with Crippen LogP contribution in [0.4, 0.5) is 0 Å². The van der Waals surface area contributed by atoms with E-state index < -0.39 is 0 Å². The second-order valence-corrected chi connectivity index (χ2v) is 10.7. The van der Waals surface area contributed by atoms with Crippen LogP contribution in [0.3, 0.4) is 0 Å². The summed E-state index contributed by atoms with van der Waals surface area (Å²) in [5.41, 5.74) is 1.62. The second kappa shape index (κ2) is 7.29. The SMILES string of the molecule is CCCC(=O)OC1CCC2(C)C(CCC3C4CC=C(C(C)=O)C4(C)CCC32)C1. The van der Waals surface area contributed by atoms with Crippen LogP contribution >= 0.6 is 0 Å². The standard InChI is InChI=1S/C25H38O3/c1-5-6-23(27)28-18-11-13-24(3)17(15-18)7-8-19-21-10-9-20(16(2)26)25(21,4)14-12-22(19)24/h9,17-19,21-22H,5-8,10-15H2,1-4H3. The van der Waals surface area contributed by atoms with Gasteiger partial charge in [-0.15, -0.1) is 0 Å². The highest BCUT2D eigenvalue weighted by Crippen LogP contribution is 2.66. The third-order valence-electron chi connectivity index (χ3n) is 9.33. The number of allylic oxidation sites excluding steroid dienone is 2. The Hall–Kier alpha value is -1.12. The predicted molar refractivity (Wildman–Crippen MR) is 111 cm³/mol. The summed E-state index contributed by atoms with van der Waals surface area (Å²) < 4.78 is 5.80. The van der Waals surface area contributed by atoms with Gasteiger partial charge in [-0.2, -0.15) is 0 Å². The van der Waals surface area contributed by atoms with Gasteiger partial charge in [0.15, 0.2) is 5.78 Å². The van der Waals surface area contributed by atoms with Crippen LogP contribution in [0.1, 0.15) is 91.9 Å². The summed E-state index contributed by atoms with van der Waals surface area (Å²) in [6.45, 7) is 8.69. The van der Waals surface area contributed by atoms with Crippen molar-refractivity contribution in [3.63, 3.8) is 0 Å². The van der Waals surface area contributed by atoms with Crippen LogP contribution in [-0.4, -0.2) is 17.9 Å². The van der Waals surface area contributed by atoms with Gasteiger partial charge in [-0.25, -0.2) is 0 Å². The molecule has 7 atom stereocenters. The van der Waals surface area contributed by atoms with Gasteiger partial charge in [0, 0.05) is 6.42 Å². The Morgan fingerprint density at radius 2 is 1.89 bits per heavy atom. The Morgan fingerprint density at radius 3 is 2.61 bits per heavy atom. The van der Waals surface area contributed by atoms with E-state index in [1.54, 1.807) is 6.92 Å². The average Bonchev–Trinajstić information content (AvgIpc) is 2.99. The fourth-order valence-corrected chi connectivity index (χ4v) is 7.89. The third kappa shape index (κ3) is 3.08. The van der Waals surface area contributed by atoms with Gasteiger partial charge in [0.05, 0.1) is 0 Å². The summed E-state index contributed by atoms with van der Waals surface area (Å²) in [5, 5.41) is 0. The Morgan fingerprint density at radius 1 is 1.11 bits per heavy atom. The summed E-state index contributed by atoms with van der Waals surface area (Å²) >= 11 is 0. The topological polar surface area (TPSA) is 43.4 Å². The first-order chi connectivity index (χ1) is 13.3. The predicted octanol–water partition coefficient (Wildman–Crippen LogP) is 5.87. The minimum Gasteiger partial charge on any atom is -0.462 e. The molecule has 0 heterocycles. The van der Waals surface area contributed by atoms with Crippen LogP contribution in [0, 0.1) is 34.5 Å². The van der Waals surface area contributed by atoms with Gasteiger partial charge >= 0.3 is 5.97 Å². The normalized spacial score (nSPS) is 44.7. The van der Waals surface area contributed by atoms with E-state index in [-0.39, 0.29) is 23.3 Å². The molecular weight excluding hydrogens is 348 g/mol. The molecule has 0 N–H and O–H groups in total. The van der Waals surface area contributed by atoms with E-state index >= 15 is 0 Å². The zero-order valence-electron chi connectivity index (χ0n) is 18.3. The zero-order valence-corrected chi connectivity index (χ0v) is 18.3. The molecule has 4 aliphatic rings. The lowest BCUT2D eigenvalue weighted by Crippen LogP contribution is -2.54. The van der Waals surface area contributed by atoms with E-state index in [0.717, 1.165) is 43.1 Å². The first-order valence-electron chi connectivity index (χ1n) is 11.7. The molecule has 3 nitrogen and oxygen atoms in total. The summed E-state index contributed by atoms with van der Waals surface area (Å²) in [7, 11) is 0. The summed E-state index contributed by atoms with van der Waals surface area (Å²) in [5.74, 6) is 3.16. The molecule has 0 spiro atoms. The van der Waals surface area contributed by atoms with Crippen molar-refractivity contribution in [2.24, 2.45) is 34.5 Å². The molecule has 4 rings (SSSR count). The van der Waals surface area contributed by atoms with E-state index in [9.17, 15) is 9.59 Å². The summed E-state index contributed by atoms with van der Waals surface area (Å²) in [6.07, 6.45) is 13.2. The number of ether oxygens (including phenoxy) is 1. The van der Waals surface area contributed by atoms with E-state index in [1.807, 2.05) is 6.92 Å². The number of rotatable bonds is 4. The molecule has 0 aromatic carbocycles. The molecule has 7 unspecified atom stereocenters. The molecule has 156 valence electrons.